The van der Waals surface area contributed by atoms with Crippen LogP contribution in [-0.4, -0.2) is 30.9 Å². The van der Waals surface area contributed by atoms with Crippen molar-refractivity contribution in [3.8, 4) is 22.8 Å². The molecule has 0 bridgehead atoms. The molecular weight excluding hydrogens is 424 g/mol. The predicted molar refractivity (Wildman–Crippen MR) is 125 cm³/mol. The van der Waals surface area contributed by atoms with Gasteiger partial charge in [0.15, 0.2) is 10.9 Å². The number of thiazole rings is 1. The third-order valence-corrected chi connectivity index (χ3v) is 5.62. The largest absolute Gasteiger partial charge is 0.497 e. The summed E-state index contributed by atoms with van der Waals surface area (Å²) in [6.45, 7) is 0. The molecule has 160 valence electrons. The third-order valence-electron chi connectivity index (χ3n) is 4.86. The van der Waals surface area contributed by atoms with E-state index in [1.54, 1.807) is 68.8 Å². The number of ketones is 1. The lowest BCUT2D eigenvalue weighted by Crippen LogP contribution is -2.16. The van der Waals surface area contributed by atoms with Crippen LogP contribution in [0.2, 0.25) is 0 Å². The highest BCUT2D eigenvalue weighted by atomic mass is 32.1. The molecule has 0 radical (unpaired) electrons. The number of methoxy groups -OCH3 is 2. The Morgan fingerprint density at radius 3 is 2.31 bits per heavy atom. The van der Waals surface area contributed by atoms with E-state index >= 15 is 0 Å². The second-order valence-corrected chi connectivity index (χ2v) is 7.66. The quantitative estimate of drug-likeness (QED) is 0.391. The fraction of sp³-hybridized carbons (Fsp3) is 0.0800. The molecule has 4 rings (SSSR count). The van der Waals surface area contributed by atoms with E-state index in [2.05, 4.69) is 10.3 Å². The summed E-state index contributed by atoms with van der Waals surface area (Å²) >= 11 is 1.29. The second kappa shape index (κ2) is 9.45. The van der Waals surface area contributed by atoms with Gasteiger partial charge in [-0.15, -0.1) is 11.3 Å². The van der Waals surface area contributed by atoms with E-state index in [0.29, 0.717) is 39.0 Å². The number of carbonyl (C=O) groups is 2. The topological polar surface area (TPSA) is 77.5 Å². The molecule has 0 unspecified atom stereocenters. The minimum Gasteiger partial charge on any atom is -0.497 e. The molecule has 0 aliphatic carbocycles. The van der Waals surface area contributed by atoms with Gasteiger partial charge < -0.3 is 9.47 Å². The molecule has 0 saturated carbocycles. The van der Waals surface area contributed by atoms with E-state index in [1.165, 1.54) is 11.3 Å². The van der Waals surface area contributed by atoms with Crippen molar-refractivity contribution in [2.24, 2.45) is 0 Å². The minimum absolute atomic E-state index is 0.209. The van der Waals surface area contributed by atoms with Crippen LogP contribution in [0.15, 0.2) is 78.2 Å². The maximum Gasteiger partial charge on any atom is 0.258 e. The summed E-state index contributed by atoms with van der Waals surface area (Å²) in [6, 6.07) is 21.1. The normalized spacial score (nSPS) is 10.4. The lowest BCUT2D eigenvalue weighted by Gasteiger charge is -2.09. The molecule has 3 aromatic carbocycles. The second-order valence-electron chi connectivity index (χ2n) is 6.80. The van der Waals surface area contributed by atoms with Gasteiger partial charge in [-0.25, -0.2) is 4.98 Å². The molecule has 4 aromatic rings. The lowest BCUT2D eigenvalue weighted by atomic mass is 9.98. The number of anilines is 1. The van der Waals surface area contributed by atoms with Gasteiger partial charge in [-0.3, -0.25) is 14.9 Å². The maximum absolute atomic E-state index is 13.0. The van der Waals surface area contributed by atoms with Crippen LogP contribution in [-0.2, 0) is 0 Å². The number of ether oxygens (including phenoxy) is 2. The van der Waals surface area contributed by atoms with Gasteiger partial charge in [-0.1, -0.05) is 48.5 Å². The average Bonchev–Trinajstić information content (AvgIpc) is 3.31. The number of benzene rings is 3. The van der Waals surface area contributed by atoms with E-state index in [4.69, 9.17) is 9.47 Å². The van der Waals surface area contributed by atoms with Crippen LogP contribution in [0, 0.1) is 0 Å². The summed E-state index contributed by atoms with van der Waals surface area (Å²) in [5.41, 5.74) is 2.60. The lowest BCUT2D eigenvalue weighted by molar-refractivity contribution is 0.0996. The van der Waals surface area contributed by atoms with Crippen LogP contribution in [0.25, 0.3) is 11.3 Å². The molecule has 32 heavy (non-hydrogen) atoms. The molecule has 0 saturated heterocycles. The van der Waals surface area contributed by atoms with Gasteiger partial charge in [0.25, 0.3) is 5.91 Å². The van der Waals surface area contributed by atoms with Crippen LogP contribution >= 0.6 is 11.3 Å². The molecule has 0 fully saturated rings. The van der Waals surface area contributed by atoms with Crippen molar-refractivity contribution < 1.29 is 19.1 Å². The van der Waals surface area contributed by atoms with E-state index < -0.39 is 5.91 Å². The average molecular weight is 445 g/mol. The van der Waals surface area contributed by atoms with E-state index in [-0.39, 0.29) is 5.78 Å². The van der Waals surface area contributed by atoms with Gasteiger partial charge >= 0.3 is 0 Å². The van der Waals surface area contributed by atoms with Crippen LogP contribution in [0.1, 0.15) is 26.3 Å². The number of nitrogens with one attached hydrogen (secondary N) is 1. The van der Waals surface area contributed by atoms with Gasteiger partial charge in [-0.05, 0) is 18.2 Å². The van der Waals surface area contributed by atoms with E-state index in [0.717, 1.165) is 5.56 Å². The number of nitrogens with zero attached hydrogens (tertiary/aromatic N) is 1. The Labute approximate surface area is 189 Å². The SMILES string of the molecule is COc1ccc(-c2csc(NC(=O)c3ccccc3C(=O)c3ccccc3)n2)c(OC)c1. The van der Waals surface area contributed by atoms with Gasteiger partial charge in [0.2, 0.25) is 0 Å². The monoisotopic (exact) mass is 444 g/mol. The molecule has 1 amide bonds. The summed E-state index contributed by atoms with van der Waals surface area (Å²) in [5.74, 6) is 0.687. The van der Waals surface area contributed by atoms with Gasteiger partial charge in [-0.2, -0.15) is 0 Å². The van der Waals surface area contributed by atoms with Crippen LogP contribution < -0.4 is 14.8 Å². The predicted octanol–water partition coefficient (Wildman–Crippen LogP) is 5.31. The fourth-order valence-electron chi connectivity index (χ4n) is 3.25. The zero-order valence-electron chi connectivity index (χ0n) is 17.5. The first kappa shape index (κ1) is 21.3. The Morgan fingerprint density at radius 1 is 0.875 bits per heavy atom. The zero-order valence-corrected chi connectivity index (χ0v) is 18.3. The van der Waals surface area contributed by atoms with Crippen LogP contribution in [0.5, 0.6) is 11.5 Å². The number of hydrogen-bond acceptors (Lipinski definition) is 6. The number of hydrogen-bond donors (Lipinski definition) is 1. The van der Waals surface area contributed by atoms with Crippen molar-refractivity contribution in [2.45, 2.75) is 0 Å². The molecule has 0 aliphatic rings. The van der Waals surface area contributed by atoms with Gasteiger partial charge in [0, 0.05) is 28.1 Å². The molecule has 0 atom stereocenters. The number of rotatable bonds is 7. The standard InChI is InChI=1S/C25H20N2O4S/c1-30-17-12-13-20(22(14-17)31-2)21-15-32-25(26-21)27-24(29)19-11-7-6-10-18(19)23(28)16-8-4-3-5-9-16/h3-15H,1-2H3,(H,26,27,29). The first-order chi connectivity index (χ1) is 15.6. The summed E-state index contributed by atoms with van der Waals surface area (Å²) in [6.07, 6.45) is 0. The minimum atomic E-state index is -0.396. The van der Waals surface area contributed by atoms with Crippen molar-refractivity contribution in [2.75, 3.05) is 19.5 Å². The van der Waals surface area contributed by atoms with Gasteiger partial charge in [0.1, 0.15) is 11.5 Å². The maximum atomic E-state index is 13.0. The number of amides is 1. The zero-order chi connectivity index (χ0) is 22.5. The Kier molecular flexibility index (Phi) is 6.28. The fourth-order valence-corrected chi connectivity index (χ4v) is 3.96. The smallest absolute Gasteiger partial charge is 0.258 e. The van der Waals surface area contributed by atoms with Crippen LogP contribution in [0.3, 0.4) is 0 Å². The molecule has 1 heterocycles. The Hall–Kier alpha value is -3.97. The molecule has 1 N–H and O–H groups in total. The highest BCUT2D eigenvalue weighted by molar-refractivity contribution is 7.14. The van der Waals surface area contributed by atoms with Crippen molar-refractivity contribution in [3.63, 3.8) is 0 Å². The number of aromatic nitrogens is 1. The van der Waals surface area contributed by atoms with Gasteiger partial charge in [0.05, 0.1) is 25.5 Å². The highest BCUT2D eigenvalue weighted by Crippen LogP contribution is 2.35. The Balaban J connectivity index is 1.58. The van der Waals surface area contributed by atoms with Crippen molar-refractivity contribution in [3.05, 3.63) is 94.9 Å². The summed E-state index contributed by atoms with van der Waals surface area (Å²) in [4.78, 5) is 30.4. The molecule has 1 aromatic heterocycles. The van der Waals surface area contributed by atoms with Crippen LogP contribution in [0.4, 0.5) is 5.13 Å². The summed E-state index contributed by atoms with van der Waals surface area (Å²) < 4.78 is 10.7. The molecule has 7 heteroatoms. The highest BCUT2D eigenvalue weighted by Gasteiger charge is 2.19. The third kappa shape index (κ3) is 4.38. The molecule has 0 aliphatic heterocycles. The molecular formula is C25H20N2O4S. The first-order valence-corrected chi connectivity index (χ1v) is 10.7. The summed E-state index contributed by atoms with van der Waals surface area (Å²) in [5, 5.41) is 5.06. The van der Waals surface area contributed by atoms with E-state index in [1.807, 2.05) is 23.6 Å². The Morgan fingerprint density at radius 2 is 1.59 bits per heavy atom. The molecule has 6 nitrogen and oxygen atoms in total. The van der Waals surface area contributed by atoms with Crippen molar-refractivity contribution in [1.29, 1.82) is 0 Å². The Bertz CT molecular complexity index is 1270. The van der Waals surface area contributed by atoms with Crippen molar-refractivity contribution in [1.82, 2.24) is 4.98 Å². The first-order valence-electron chi connectivity index (χ1n) is 9.78. The molecule has 0 spiro atoms. The van der Waals surface area contributed by atoms with Crippen molar-refractivity contribution >= 4 is 28.2 Å². The van der Waals surface area contributed by atoms with E-state index in [9.17, 15) is 9.59 Å². The number of carbonyl (C=O) groups excluding carboxylic acids is 2. The summed E-state index contributed by atoms with van der Waals surface area (Å²) in [7, 11) is 3.17.